The van der Waals surface area contributed by atoms with Gasteiger partial charge in [0.1, 0.15) is 5.82 Å². The summed E-state index contributed by atoms with van der Waals surface area (Å²) in [7, 11) is 2.14. The van der Waals surface area contributed by atoms with Gasteiger partial charge in [-0.25, -0.2) is 9.97 Å². The van der Waals surface area contributed by atoms with Gasteiger partial charge >= 0.3 is 0 Å². The van der Waals surface area contributed by atoms with Gasteiger partial charge in [0.25, 0.3) is 0 Å². The summed E-state index contributed by atoms with van der Waals surface area (Å²) in [6.07, 6.45) is 4.92. The van der Waals surface area contributed by atoms with E-state index in [1.165, 1.54) is 11.3 Å². The predicted octanol–water partition coefficient (Wildman–Crippen LogP) is 2.97. The maximum absolute atomic E-state index is 12.9. The van der Waals surface area contributed by atoms with Crippen LogP contribution in [0.1, 0.15) is 54.2 Å². The SMILES string of the molecule is C[C@@H](C(=O)N1CCC(c2ncc3c(n2)CCN(C)C3)CC1)c1ccccc1. The van der Waals surface area contributed by atoms with Crippen LogP contribution in [0, 0.1) is 0 Å². The molecule has 0 radical (unpaired) electrons. The Balaban J connectivity index is 1.38. The molecule has 5 heteroatoms. The highest BCUT2D eigenvalue weighted by Crippen LogP contribution is 2.29. The van der Waals surface area contributed by atoms with Crippen molar-refractivity contribution in [3.05, 3.63) is 59.2 Å². The van der Waals surface area contributed by atoms with E-state index in [1.54, 1.807) is 0 Å². The summed E-state index contributed by atoms with van der Waals surface area (Å²) in [5, 5.41) is 0. The molecule has 0 N–H and O–H groups in total. The zero-order valence-electron chi connectivity index (χ0n) is 16.3. The first-order chi connectivity index (χ1) is 13.1. The van der Waals surface area contributed by atoms with E-state index in [2.05, 4.69) is 16.9 Å². The normalized spacial score (nSPS) is 19.6. The Bertz CT molecular complexity index is 799. The fraction of sp³-hybridized carbons (Fsp3) is 0.500. The van der Waals surface area contributed by atoms with Crippen LogP contribution >= 0.6 is 0 Å². The molecule has 0 spiro atoms. The number of piperidine rings is 1. The monoisotopic (exact) mass is 364 g/mol. The fourth-order valence-corrected chi connectivity index (χ4v) is 4.19. The summed E-state index contributed by atoms with van der Waals surface area (Å²) in [6, 6.07) is 10.1. The molecule has 3 heterocycles. The highest BCUT2D eigenvalue weighted by molar-refractivity contribution is 5.83. The number of nitrogens with zero attached hydrogens (tertiary/aromatic N) is 4. The third-order valence-electron chi connectivity index (χ3n) is 5.99. The van der Waals surface area contributed by atoms with Crippen LogP contribution in [0.25, 0.3) is 0 Å². The van der Waals surface area contributed by atoms with Gasteiger partial charge in [-0.3, -0.25) is 4.79 Å². The first-order valence-corrected chi connectivity index (χ1v) is 9.99. The second-order valence-electron chi connectivity index (χ2n) is 7.92. The van der Waals surface area contributed by atoms with E-state index < -0.39 is 0 Å². The minimum atomic E-state index is -0.0836. The van der Waals surface area contributed by atoms with E-state index in [-0.39, 0.29) is 11.8 Å². The Morgan fingerprint density at radius 3 is 2.63 bits per heavy atom. The summed E-state index contributed by atoms with van der Waals surface area (Å²) >= 11 is 0. The molecule has 2 aliphatic rings. The molecule has 1 aromatic carbocycles. The van der Waals surface area contributed by atoms with Gasteiger partial charge < -0.3 is 9.80 Å². The molecule has 5 nitrogen and oxygen atoms in total. The second-order valence-corrected chi connectivity index (χ2v) is 7.92. The van der Waals surface area contributed by atoms with Crippen LogP contribution in [0.2, 0.25) is 0 Å². The van der Waals surface area contributed by atoms with Crippen molar-refractivity contribution in [2.75, 3.05) is 26.7 Å². The average Bonchev–Trinajstić information content (AvgIpc) is 2.73. The number of carbonyl (C=O) groups is 1. The van der Waals surface area contributed by atoms with Gasteiger partial charge in [0, 0.05) is 56.0 Å². The predicted molar refractivity (Wildman–Crippen MR) is 105 cm³/mol. The second kappa shape index (κ2) is 7.77. The molecule has 1 saturated heterocycles. The quantitative estimate of drug-likeness (QED) is 0.840. The molecular weight excluding hydrogens is 336 g/mol. The first-order valence-electron chi connectivity index (χ1n) is 9.99. The maximum Gasteiger partial charge on any atom is 0.229 e. The molecule has 0 saturated carbocycles. The van der Waals surface area contributed by atoms with E-state index in [1.807, 2.05) is 48.4 Å². The third kappa shape index (κ3) is 3.88. The molecule has 1 atom stereocenters. The molecule has 1 aromatic heterocycles. The fourth-order valence-electron chi connectivity index (χ4n) is 4.19. The Morgan fingerprint density at radius 2 is 1.89 bits per heavy atom. The van der Waals surface area contributed by atoms with Crippen molar-refractivity contribution >= 4 is 5.91 Å². The number of carbonyl (C=O) groups excluding carboxylic acids is 1. The average molecular weight is 364 g/mol. The molecule has 1 amide bonds. The lowest BCUT2D eigenvalue weighted by Crippen LogP contribution is -2.40. The van der Waals surface area contributed by atoms with Crippen molar-refractivity contribution in [3.63, 3.8) is 0 Å². The maximum atomic E-state index is 12.9. The van der Waals surface area contributed by atoms with Crippen LogP contribution in [-0.4, -0.2) is 52.4 Å². The van der Waals surface area contributed by atoms with E-state index in [0.29, 0.717) is 5.92 Å². The number of rotatable bonds is 3. The minimum Gasteiger partial charge on any atom is -0.342 e. The highest BCUT2D eigenvalue weighted by atomic mass is 16.2. The molecule has 142 valence electrons. The molecule has 0 bridgehead atoms. The molecule has 1 fully saturated rings. The Hall–Kier alpha value is -2.27. The van der Waals surface area contributed by atoms with Gasteiger partial charge in [-0.1, -0.05) is 30.3 Å². The van der Waals surface area contributed by atoms with Crippen LogP contribution in [0.15, 0.2) is 36.5 Å². The third-order valence-corrected chi connectivity index (χ3v) is 5.99. The molecule has 0 unspecified atom stereocenters. The minimum absolute atomic E-state index is 0.0836. The van der Waals surface area contributed by atoms with Gasteiger partial charge in [-0.2, -0.15) is 0 Å². The van der Waals surface area contributed by atoms with Gasteiger partial charge in [-0.05, 0) is 32.4 Å². The van der Waals surface area contributed by atoms with Gasteiger partial charge in [0.15, 0.2) is 0 Å². The van der Waals surface area contributed by atoms with E-state index in [4.69, 9.17) is 4.98 Å². The smallest absolute Gasteiger partial charge is 0.229 e. The zero-order valence-corrected chi connectivity index (χ0v) is 16.3. The number of fused-ring (bicyclic) bond motifs is 1. The zero-order chi connectivity index (χ0) is 18.8. The van der Waals surface area contributed by atoms with E-state index in [0.717, 1.165) is 56.8 Å². The summed E-state index contributed by atoms with van der Waals surface area (Å²) in [5.41, 5.74) is 3.57. The van der Waals surface area contributed by atoms with Crippen molar-refractivity contribution in [2.45, 2.75) is 44.6 Å². The molecular formula is C22H28N4O. The number of benzene rings is 1. The molecule has 0 aliphatic carbocycles. The van der Waals surface area contributed by atoms with Crippen LogP contribution < -0.4 is 0 Å². The number of likely N-dealkylation sites (N-methyl/N-ethyl adjacent to an activating group) is 1. The molecule has 2 aromatic rings. The van der Waals surface area contributed by atoms with Crippen molar-refractivity contribution in [1.82, 2.24) is 19.8 Å². The summed E-state index contributed by atoms with van der Waals surface area (Å²) in [5.74, 6) is 1.49. The lowest BCUT2D eigenvalue weighted by Gasteiger charge is -2.33. The lowest BCUT2D eigenvalue weighted by molar-refractivity contribution is -0.133. The number of amides is 1. The van der Waals surface area contributed by atoms with Crippen molar-refractivity contribution in [2.24, 2.45) is 0 Å². The lowest BCUT2D eigenvalue weighted by atomic mass is 9.93. The number of hydrogen-bond acceptors (Lipinski definition) is 4. The van der Waals surface area contributed by atoms with Crippen LogP contribution in [0.3, 0.4) is 0 Å². The summed E-state index contributed by atoms with van der Waals surface area (Å²) in [6.45, 7) is 5.61. The highest BCUT2D eigenvalue weighted by Gasteiger charge is 2.29. The molecule has 27 heavy (non-hydrogen) atoms. The van der Waals surface area contributed by atoms with E-state index in [9.17, 15) is 4.79 Å². The van der Waals surface area contributed by atoms with Gasteiger partial charge in [-0.15, -0.1) is 0 Å². The first kappa shape index (κ1) is 18.1. The van der Waals surface area contributed by atoms with Crippen LogP contribution in [0.5, 0.6) is 0 Å². The number of hydrogen-bond donors (Lipinski definition) is 0. The van der Waals surface area contributed by atoms with Crippen molar-refractivity contribution < 1.29 is 4.79 Å². The van der Waals surface area contributed by atoms with Crippen LogP contribution in [-0.2, 0) is 17.8 Å². The standard InChI is InChI=1S/C22H28N4O/c1-16(17-6-4-3-5-7-17)22(27)26-12-8-18(9-13-26)21-23-14-19-15-25(2)11-10-20(19)24-21/h3-7,14,16,18H,8-13,15H2,1-2H3/t16-/m1/s1. The van der Waals surface area contributed by atoms with Crippen LogP contribution in [0.4, 0.5) is 0 Å². The van der Waals surface area contributed by atoms with Crippen molar-refractivity contribution in [3.8, 4) is 0 Å². The number of likely N-dealkylation sites (tertiary alicyclic amines) is 1. The Kier molecular flexibility index (Phi) is 5.21. The van der Waals surface area contributed by atoms with Crippen molar-refractivity contribution in [1.29, 1.82) is 0 Å². The number of aromatic nitrogens is 2. The molecule has 4 rings (SSSR count). The topological polar surface area (TPSA) is 49.3 Å². The largest absolute Gasteiger partial charge is 0.342 e. The molecule has 2 aliphatic heterocycles. The Morgan fingerprint density at radius 1 is 1.15 bits per heavy atom. The summed E-state index contributed by atoms with van der Waals surface area (Å²) in [4.78, 5) is 26.7. The van der Waals surface area contributed by atoms with Gasteiger partial charge in [0.2, 0.25) is 5.91 Å². The Labute approximate surface area is 161 Å². The summed E-state index contributed by atoms with van der Waals surface area (Å²) < 4.78 is 0. The van der Waals surface area contributed by atoms with E-state index >= 15 is 0 Å². The van der Waals surface area contributed by atoms with Gasteiger partial charge in [0.05, 0.1) is 5.92 Å².